The maximum Gasteiger partial charge on any atom is 0.202 e. The number of nitriles is 1. The number of aromatic hydroxyl groups is 1. The number of nitrogens with zero attached hydrogens (tertiary/aromatic N) is 4. The van der Waals surface area contributed by atoms with E-state index in [1.54, 1.807) is 0 Å². The Bertz CT molecular complexity index is 1300. The molecule has 3 heterocycles. The molecule has 1 saturated heterocycles. The summed E-state index contributed by atoms with van der Waals surface area (Å²) >= 11 is 1.08. The minimum absolute atomic E-state index is 0.0757. The number of pyridine rings is 1. The Morgan fingerprint density at radius 1 is 1.35 bits per heavy atom. The fraction of sp³-hybridized carbons (Fsp3) is 0.429. The standard InChI is InChI=1S/C21H22FN5O3S/c1-30-20-16-12(8-13(22)17(20)26-6-4-25(10-24)5-7-26)18(28)15-19(29)14(9-23)31-21(15)27(16)11-2-3-11/h8,11,29H,2-7,10,24H2,1H3. The molecule has 3 N–H and O–H groups in total. The number of hydrogen-bond donors (Lipinski definition) is 2. The molecule has 162 valence electrons. The van der Waals surface area contributed by atoms with Crippen LogP contribution < -0.4 is 20.8 Å². The molecule has 8 nitrogen and oxygen atoms in total. The van der Waals surface area contributed by atoms with Crippen LogP contribution in [0.15, 0.2) is 10.9 Å². The van der Waals surface area contributed by atoms with Crippen molar-refractivity contribution in [2.45, 2.75) is 18.9 Å². The number of halogens is 1. The van der Waals surface area contributed by atoms with Crippen LogP contribution in [0, 0.1) is 17.1 Å². The van der Waals surface area contributed by atoms with Gasteiger partial charge in [0, 0.05) is 38.9 Å². The number of anilines is 1. The monoisotopic (exact) mass is 443 g/mol. The van der Waals surface area contributed by atoms with Gasteiger partial charge in [0.15, 0.2) is 17.3 Å². The SMILES string of the molecule is COc1c(N2CCN(CN)CC2)c(F)cc2c(=O)c3c(O)c(C#N)sc3n(C3CC3)c12. The van der Waals surface area contributed by atoms with Crippen LogP contribution in [-0.4, -0.2) is 54.5 Å². The number of nitrogens with two attached hydrogens (primary N) is 1. The summed E-state index contributed by atoms with van der Waals surface area (Å²) in [4.78, 5) is 17.9. The van der Waals surface area contributed by atoms with Gasteiger partial charge in [0.05, 0.1) is 18.0 Å². The third kappa shape index (κ3) is 2.96. The van der Waals surface area contributed by atoms with Crippen LogP contribution in [0.1, 0.15) is 23.8 Å². The second kappa shape index (κ2) is 7.37. The smallest absolute Gasteiger partial charge is 0.202 e. The van der Waals surface area contributed by atoms with Crippen molar-refractivity contribution >= 4 is 38.1 Å². The van der Waals surface area contributed by atoms with Crippen LogP contribution in [-0.2, 0) is 0 Å². The van der Waals surface area contributed by atoms with E-state index in [4.69, 9.17) is 10.5 Å². The van der Waals surface area contributed by atoms with E-state index in [-0.39, 0.29) is 27.4 Å². The number of thiophene rings is 1. The summed E-state index contributed by atoms with van der Waals surface area (Å²) in [7, 11) is 1.48. The summed E-state index contributed by atoms with van der Waals surface area (Å²) in [6, 6.07) is 3.30. The second-order valence-electron chi connectivity index (χ2n) is 7.93. The molecule has 1 saturated carbocycles. The fourth-order valence-corrected chi connectivity index (χ4v) is 5.51. The van der Waals surface area contributed by atoms with Crippen molar-refractivity contribution in [1.82, 2.24) is 9.47 Å². The molecule has 0 bridgehead atoms. The van der Waals surface area contributed by atoms with Gasteiger partial charge in [-0.1, -0.05) is 0 Å². The van der Waals surface area contributed by atoms with Crippen LogP contribution in [0.4, 0.5) is 10.1 Å². The Balaban J connectivity index is 1.84. The Morgan fingerprint density at radius 3 is 2.65 bits per heavy atom. The quantitative estimate of drug-likeness (QED) is 0.637. The molecule has 0 atom stereocenters. The van der Waals surface area contributed by atoms with E-state index in [9.17, 15) is 15.2 Å². The van der Waals surface area contributed by atoms with Crippen LogP contribution in [0.2, 0.25) is 0 Å². The van der Waals surface area contributed by atoms with Crippen molar-refractivity contribution in [2.24, 2.45) is 5.73 Å². The molecule has 2 aliphatic rings. The van der Waals surface area contributed by atoms with E-state index in [0.717, 1.165) is 24.2 Å². The predicted octanol–water partition coefficient (Wildman–Crippen LogP) is 2.31. The molecular weight excluding hydrogens is 421 g/mol. The molecule has 31 heavy (non-hydrogen) atoms. The molecule has 0 radical (unpaired) electrons. The van der Waals surface area contributed by atoms with E-state index >= 15 is 4.39 Å². The molecule has 0 unspecified atom stereocenters. The molecular formula is C21H22FN5O3S. The molecule has 1 aliphatic carbocycles. The summed E-state index contributed by atoms with van der Waals surface area (Å²) < 4.78 is 23.1. The van der Waals surface area contributed by atoms with Gasteiger partial charge in [-0.2, -0.15) is 5.26 Å². The maximum absolute atomic E-state index is 15.4. The van der Waals surface area contributed by atoms with E-state index in [2.05, 4.69) is 4.90 Å². The molecule has 2 fully saturated rings. The molecule has 0 amide bonds. The molecule has 0 spiro atoms. The van der Waals surface area contributed by atoms with Gasteiger partial charge < -0.3 is 25.0 Å². The number of fused-ring (bicyclic) bond motifs is 2. The van der Waals surface area contributed by atoms with Crippen LogP contribution in [0.25, 0.3) is 21.1 Å². The zero-order valence-electron chi connectivity index (χ0n) is 17.0. The minimum atomic E-state index is -0.542. The van der Waals surface area contributed by atoms with Gasteiger partial charge in [-0.3, -0.25) is 9.69 Å². The van der Waals surface area contributed by atoms with Gasteiger partial charge in [0.25, 0.3) is 0 Å². The van der Waals surface area contributed by atoms with Crippen LogP contribution >= 0.6 is 11.3 Å². The normalized spacial score (nSPS) is 17.4. The van der Waals surface area contributed by atoms with Crippen molar-refractivity contribution in [3.05, 3.63) is 27.0 Å². The third-order valence-corrected chi connectivity index (χ3v) is 7.23. The summed E-state index contributed by atoms with van der Waals surface area (Å²) in [6.45, 7) is 3.04. The van der Waals surface area contributed by atoms with Crippen molar-refractivity contribution < 1.29 is 14.2 Å². The van der Waals surface area contributed by atoms with Crippen LogP contribution in [0.3, 0.4) is 0 Å². The highest BCUT2D eigenvalue weighted by Crippen LogP contribution is 2.48. The highest BCUT2D eigenvalue weighted by Gasteiger charge is 2.34. The summed E-state index contributed by atoms with van der Waals surface area (Å²) in [5, 5.41) is 20.1. The lowest BCUT2D eigenvalue weighted by Crippen LogP contribution is -2.48. The molecule has 10 heteroatoms. The average Bonchev–Trinajstić information content (AvgIpc) is 3.56. The molecule has 1 aromatic carbocycles. The molecule has 3 aromatic rings. The van der Waals surface area contributed by atoms with Gasteiger partial charge in [-0.05, 0) is 18.9 Å². The van der Waals surface area contributed by atoms with Crippen molar-refractivity contribution in [3.8, 4) is 17.6 Å². The summed E-state index contributed by atoms with van der Waals surface area (Å²) in [5.74, 6) is -0.557. The molecule has 2 aromatic heterocycles. The Hall–Kier alpha value is -2.87. The highest BCUT2D eigenvalue weighted by atomic mass is 32.1. The van der Waals surface area contributed by atoms with E-state index < -0.39 is 11.2 Å². The zero-order valence-corrected chi connectivity index (χ0v) is 17.8. The first-order valence-corrected chi connectivity index (χ1v) is 11.0. The average molecular weight is 444 g/mol. The van der Waals surface area contributed by atoms with Crippen LogP contribution in [0.5, 0.6) is 11.5 Å². The Morgan fingerprint density at radius 2 is 2.06 bits per heavy atom. The number of methoxy groups -OCH3 is 1. The fourth-order valence-electron chi connectivity index (χ4n) is 4.44. The Labute approximate surface area is 181 Å². The first-order chi connectivity index (χ1) is 15.0. The number of benzene rings is 1. The van der Waals surface area contributed by atoms with Gasteiger partial charge in [-0.15, -0.1) is 11.3 Å². The third-order valence-electron chi connectivity index (χ3n) is 6.14. The number of hydrogen-bond acceptors (Lipinski definition) is 8. The lowest BCUT2D eigenvalue weighted by atomic mass is 10.1. The zero-order chi connectivity index (χ0) is 21.9. The number of ether oxygens (including phenoxy) is 1. The van der Waals surface area contributed by atoms with Crippen molar-refractivity contribution in [2.75, 3.05) is 44.9 Å². The van der Waals surface area contributed by atoms with Crippen molar-refractivity contribution in [1.29, 1.82) is 5.26 Å². The lowest BCUT2D eigenvalue weighted by Gasteiger charge is -2.36. The van der Waals surface area contributed by atoms with Gasteiger partial charge in [-0.25, -0.2) is 4.39 Å². The maximum atomic E-state index is 15.4. The molecule has 5 rings (SSSR count). The topological polar surface area (TPSA) is 108 Å². The van der Waals surface area contributed by atoms with Gasteiger partial charge in [0.2, 0.25) is 5.43 Å². The minimum Gasteiger partial charge on any atom is -0.505 e. The predicted molar refractivity (Wildman–Crippen MR) is 118 cm³/mol. The van der Waals surface area contributed by atoms with Gasteiger partial charge in [0.1, 0.15) is 26.9 Å². The second-order valence-corrected chi connectivity index (χ2v) is 8.93. The Kier molecular flexibility index (Phi) is 4.77. The van der Waals surface area contributed by atoms with Crippen molar-refractivity contribution in [3.63, 3.8) is 0 Å². The number of rotatable bonds is 4. The number of aromatic nitrogens is 1. The lowest BCUT2D eigenvalue weighted by molar-refractivity contribution is 0.263. The summed E-state index contributed by atoms with van der Waals surface area (Å²) in [5.41, 5.74) is 6.09. The first-order valence-electron chi connectivity index (χ1n) is 10.2. The first kappa shape index (κ1) is 20.1. The van der Waals surface area contributed by atoms with E-state index in [0.29, 0.717) is 54.6 Å². The van der Waals surface area contributed by atoms with Gasteiger partial charge >= 0.3 is 0 Å². The van der Waals surface area contributed by atoms with E-state index in [1.807, 2.05) is 15.5 Å². The largest absolute Gasteiger partial charge is 0.505 e. The summed E-state index contributed by atoms with van der Waals surface area (Å²) in [6.07, 6.45) is 1.80. The highest BCUT2D eigenvalue weighted by molar-refractivity contribution is 7.19. The molecule has 1 aliphatic heterocycles. The van der Waals surface area contributed by atoms with E-state index in [1.165, 1.54) is 13.2 Å². The number of piperazine rings is 1.